The third kappa shape index (κ3) is 3.56. The minimum Gasteiger partial charge on any atom is -0.454 e. The first-order valence-electron chi connectivity index (χ1n) is 10.5. The van der Waals surface area contributed by atoms with Gasteiger partial charge in [-0.05, 0) is 79.4 Å². The number of benzene rings is 1. The first-order valence-corrected chi connectivity index (χ1v) is 10.5. The third-order valence-corrected chi connectivity index (χ3v) is 7.07. The highest BCUT2D eigenvalue weighted by Gasteiger charge is 2.51. The number of rotatable bonds is 6. The molecule has 4 aliphatic carbocycles. The van der Waals surface area contributed by atoms with Crippen molar-refractivity contribution >= 4 is 11.8 Å². The van der Waals surface area contributed by atoms with Gasteiger partial charge in [-0.2, -0.15) is 0 Å². The number of hydrogen-bond donors (Lipinski definition) is 2. The van der Waals surface area contributed by atoms with Crippen LogP contribution < -0.4 is 20.1 Å². The molecule has 6 rings (SSSR count). The van der Waals surface area contributed by atoms with E-state index in [1.807, 2.05) is 18.2 Å². The second-order valence-electron chi connectivity index (χ2n) is 9.34. The molecule has 4 fully saturated rings. The number of fused-ring (bicyclic) bond motifs is 1. The van der Waals surface area contributed by atoms with Crippen LogP contribution in [0.1, 0.15) is 50.5 Å². The van der Waals surface area contributed by atoms with Crippen LogP contribution in [0.25, 0.3) is 0 Å². The number of ether oxygens (including phenoxy) is 2. The highest BCUT2D eigenvalue weighted by molar-refractivity contribution is 5.85. The van der Waals surface area contributed by atoms with Crippen molar-refractivity contribution in [3.05, 3.63) is 23.8 Å². The molecule has 6 heteroatoms. The Hall–Kier alpha value is -2.24. The Morgan fingerprint density at radius 2 is 1.61 bits per heavy atom. The van der Waals surface area contributed by atoms with Crippen LogP contribution in [0.4, 0.5) is 0 Å². The van der Waals surface area contributed by atoms with Gasteiger partial charge in [0.05, 0.1) is 6.54 Å². The molecule has 28 heavy (non-hydrogen) atoms. The third-order valence-electron chi connectivity index (χ3n) is 7.07. The molecule has 0 radical (unpaired) electrons. The minimum atomic E-state index is -0.170. The molecule has 1 aromatic rings. The van der Waals surface area contributed by atoms with Crippen LogP contribution >= 0.6 is 0 Å². The SMILES string of the molecule is O=C(CNC(=O)CC12CC3CC(CC(C3)C1)C2)NCc1ccc2c(c1)OCO2. The maximum Gasteiger partial charge on any atom is 0.239 e. The molecule has 1 aromatic carbocycles. The van der Waals surface area contributed by atoms with Gasteiger partial charge in [-0.25, -0.2) is 0 Å². The van der Waals surface area contributed by atoms with Crippen molar-refractivity contribution in [1.29, 1.82) is 0 Å². The first kappa shape index (κ1) is 17.8. The van der Waals surface area contributed by atoms with E-state index in [1.54, 1.807) is 0 Å². The summed E-state index contributed by atoms with van der Waals surface area (Å²) in [4.78, 5) is 24.6. The smallest absolute Gasteiger partial charge is 0.239 e. The highest BCUT2D eigenvalue weighted by atomic mass is 16.7. The zero-order chi connectivity index (χ0) is 19.1. The van der Waals surface area contributed by atoms with E-state index in [0.29, 0.717) is 18.7 Å². The van der Waals surface area contributed by atoms with Gasteiger partial charge in [0.15, 0.2) is 11.5 Å². The summed E-state index contributed by atoms with van der Waals surface area (Å²) >= 11 is 0. The van der Waals surface area contributed by atoms with Gasteiger partial charge in [-0.3, -0.25) is 9.59 Å². The van der Waals surface area contributed by atoms with E-state index in [-0.39, 0.29) is 30.6 Å². The molecule has 150 valence electrons. The standard InChI is InChI=1S/C22H28N2O4/c25-20(10-22-7-15-3-16(8-22)5-17(4-15)9-22)24-12-21(26)23-11-14-1-2-18-19(6-14)28-13-27-18/h1-2,6,15-17H,3-5,7-13H2,(H,23,26)(H,24,25). The fraction of sp³-hybridized carbons (Fsp3) is 0.636. The van der Waals surface area contributed by atoms with E-state index >= 15 is 0 Å². The predicted octanol–water partition coefficient (Wildman–Crippen LogP) is 2.75. The van der Waals surface area contributed by atoms with Gasteiger partial charge in [-0.1, -0.05) is 6.07 Å². The molecular formula is C22H28N2O4. The van der Waals surface area contributed by atoms with Gasteiger partial charge in [0.2, 0.25) is 18.6 Å². The molecule has 0 spiro atoms. The van der Waals surface area contributed by atoms with Gasteiger partial charge in [0.25, 0.3) is 0 Å². The molecular weight excluding hydrogens is 356 g/mol. The van der Waals surface area contributed by atoms with Crippen LogP contribution in [0, 0.1) is 23.2 Å². The zero-order valence-corrected chi connectivity index (χ0v) is 16.2. The van der Waals surface area contributed by atoms with Crippen molar-refractivity contribution in [2.75, 3.05) is 13.3 Å². The molecule has 0 saturated heterocycles. The molecule has 2 amide bonds. The quantitative estimate of drug-likeness (QED) is 0.791. The first-order chi connectivity index (χ1) is 13.6. The number of carbonyl (C=O) groups excluding carboxylic acids is 2. The summed E-state index contributed by atoms with van der Waals surface area (Å²) in [5.41, 5.74) is 1.15. The lowest BCUT2D eigenvalue weighted by atomic mass is 9.49. The van der Waals surface area contributed by atoms with Crippen molar-refractivity contribution in [3.8, 4) is 11.5 Å². The van der Waals surface area contributed by atoms with E-state index < -0.39 is 0 Å². The summed E-state index contributed by atoms with van der Waals surface area (Å²) in [6, 6.07) is 5.62. The van der Waals surface area contributed by atoms with Crippen molar-refractivity contribution in [3.63, 3.8) is 0 Å². The van der Waals surface area contributed by atoms with Crippen molar-refractivity contribution < 1.29 is 19.1 Å². The molecule has 6 nitrogen and oxygen atoms in total. The second-order valence-corrected chi connectivity index (χ2v) is 9.34. The Balaban J connectivity index is 1.08. The molecule has 0 aromatic heterocycles. The van der Waals surface area contributed by atoms with E-state index in [1.165, 1.54) is 38.5 Å². The summed E-state index contributed by atoms with van der Waals surface area (Å²) in [5, 5.41) is 5.69. The number of amides is 2. The van der Waals surface area contributed by atoms with Crippen LogP contribution in [-0.4, -0.2) is 25.2 Å². The molecule has 0 atom stereocenters. The lowest BCUT2D eigenvalue weighted by molar-refractivity contribution is -0.131. The Bertz CT molecular complexity index is 755. The van der Waals surface area contributed by atoms with Gasteiger partial charge < -0.3 is 20.1 Å². The minimum absolute atomic E-state index is 0.0279. The molecule has 4 saturated carbocycles. The molecule has 0 unspecified atom stereocenters. The Labute approximate surface area is 165 Å². The largest absolute Gasteiger partial charge is 0.454 e. The van der Waals surface area contributed by atoms with Crippen LogP contribution in [0.15, 0.2) is 18.2 Å². The van der Waals surface area contributed by atoms with Crippen molar-refractivity contribution in [2.45, 2.75) is 51.5 Å². The van der Waals surface area contributed by atoms with Gasteiger partial charge >= 0.3 is 0 Å². The van der Waals surface area contributed by atoms with Gasteiger partial charge in [0, 0.05) is 13.0 Å². The molecule has 2 N–H and O–H groups in total. The highest BCUT2D eigenvalue weighted by Crippen LogP contribution is 2.61. The summed E-state index contributed by atoms with van der Waals surface area (Å²) in [6.07, 6.45) is 8.36. The van der Waals surface area contributed by atoms with E-state index in [2.05, 4.69) is 10.6 Å². The number of carbonyl (C=O) groups is 2. The van der Waals surface area contributed by atoms with Crippen molar-refractivity contribution in [1.82, 2.24) is 10.6 Å². The summed E-state index contributed by atoms with van der Waals surface area (Å²) < 4.78 is 10.6. The van der Waals surface area contributed by atoms with Gasteiger partial charge in [0.1, 0.15) is 0 Å². The van der Waals surface area contributed by atoms with E-state index in [9.17, 15) is 9.59 Å². The molecule has 1 heterocycles. The van der Waals surface area contributed by atoms with Crippen LogP contribution in [0.5, 0.6) is 11.5 Å². The Morgan fingerprint density at radius 3 is 2.32 bits per heavy atom. The average Bonchev–Trinajstić information content (AvgIpc) is 3.11. The van der Waals surface area contributed by atoms with Crippen LogP contribution in [-0.2, 0) is 16.1 Å². The Morgan fingerprint density at radius 1 is 0.929 bits per heavy atom. The monoisotopic (exact) mass is 384 g/mol. The molecule has 5 aliphatic rings. The number of hydrogen-bond acceptors (Lipinski definition) is 4. The Kier molecular flexibility index (Phi) is 4.44. The predicted molar refractivity (Wildman–Crippen MR) is 103 cm³/mol. The second kappa shape index (κ2) is 6.98. The summed E-state index contributed by atoms with van der Waals surface area (Å²) in [5.74, 6) is 3.80. The zero-order valence-electron chi connectivity index (χ0n) is 16.2. The lowest BCUT2D eigenvalue weighted by Crippen LogP contribution is -2.48. The summed E-state index contributed by atoms with van der Waals surface area (Å²) in [6.45, 7) is 0.678. The fourth-order valence-electron chi connectivity index (χ4n) is 6.40. The molecule has 4 bridgehead atoms. The lowest BCUT2D eigenvalue weighted by Gasteiger charge is -2.56. The fourth-order valence-corrected chi connectivity index (χ4v) is 6.40. The van der Waals surface area contributed by atoms with Crippen molar-refractivity contribution in [2.24, 2.45) is 23.2 Å². The maximum atomic E-state index is 12.5. The van der Waals surface area contributed by atoms with Gasteiger partial charge in [-0.15, -0.1) is 0 Å². The van der Waals surface area contributed by atoms with Crippen LogP contribution in [0.3, 0.4) is 0 Å². The number of nitrogens with one attached hydrogen (secondary N) is 2. The molecule has 1 aliphatic heterocycles. The topological polar surface area (TPSA) is 76.7 Å². The maximum absolute atomic E-state index is 12.5. The van der Waals surface area contributed by atoms with Crippen LogP contribution in [0.2, 0.25) is 0 Å². The van der Waals surface area contributed by atoms with E-state index in [0.717, 1.165) is 29.1 Å². The normalized spacial score (nSPS) is 31.6. The van der Waals surface area contributed by atoms with E-state index in [4.69, 9.17) is 9.47 Å². The summed E-state index contributed by atoms with van der Waals surface area (Å²) in [7, 11) is 0. The average molecular weight is 384 g/mol.